The van der Waals surface area contributed by atoms with E-state index in [4.69, 9.17) is 9.47 Å². The van der Waals surface area contributed by atoms with Crippen LogP contribution < -0.4 is 15.9 Å². The van der Waals surface area contributed by atoms with Gasteiger partial charge in [-0.15, -0.1) is 0 Å². The Balaban J connectivity index is 2.18. The Morgan fingerprint density at radius 1 is 0.629 bits per heavy atom. The Morgan fingerprint density at radius 2 is 1.03 bits per heavy atom. The second-order valence-corrected chi connectivity index (χ2v) is 12.3. The lowest BCUT2D eigenvalue weighted by atomic mass is 10.1. The minimum Gasteiger partial charge on any atom is -0.456 e. The van der Waals surface area contributed by atoms with Gasteiger partial charge in [-0.05, 0) is 77.0 Å². The molecule has 182 valence electrons. The molecule has 3 aromatic carbocycles. The summed E-state index contributed by atoms with van der Waals surface area (Å²) in [5, 5.41) is 3.38. The molecule has 0 heterocycles. The van der Waals surface area contributed by atoms with Gasteiger partial charge in [0.05, 0.1) is 0 Å². The Labute approximate surface area is 209 Å². The van der Waals surface area contributed by atoms with Gasteiger partial charge >= 0.3 is 11.9 Å². The SMILES string of the molecule is CC(C)(C)OC(=O)C(=Cc1ccccc1P(c1ccccc1)c1ccccc1)C(=O)OC(C)(C)C. The average molecular weight is 489 g/mol. The standard InChI is InChI=1S/C30H33O4P/c1-29(2,3)33-27(31)25(28(32)34-30(4,5)6)21-22-15-13-14-20-26(22)35(23-16-9-7-10-17-23)24-18-11-8-12-19-24/h7-21H,1-6H3. The largest absolute Gasteiger partial charge is 0.456 e. The van der Waals surface area contributed by atoms with Crippen LogP contribution in [0.25, 0.3) is 6.08 Å². The molecule has 0 atom stereocenters. The van der Waals surface area contributed by atoms with Gasteiger partial charge in [0.1, 0.15) is 16.8 Å². The fraction of sp³-hybridized carbons (Fsp3) is 0.267. The van der Waals surface area contributed by atoms with Gasteiger partial charge in [0, 0.05) is 0 Å². The van der Waals surface area contributed by atoms with Crippen LogP contribution in [0, 0.1) is 0 Å². The smallest absolute Gasteiger partial charge is 0.346 e. The number of ether oxygens (including phenoxy) is 2. The number of hydrogen-bond donors (Lipinski definition) is 0. The molecule has 3 aromatic rings. The monoisotopic (exact) mass is 488 g/mol. The molecule has 0 aliphatic carbocycles. The van der Waals surface area contributed by atoms with E-state index in [0.29, 0.717) is 0 Å². The quantitative estimate of drug-likeness (QED) is 0.151. The lowest BCUT2D eigenvalue weighted by Gasteiger charge is -2.24. The third kappa shape index (κ3) is 7.63. The summed E-state index contributed by atoms with van der Waals surface area (Å²) >= 11 is 0. The molecular formula is C30H33O4P. The third-order valence-electron chi connectivity index (χ3n) is 4.74. The van der Waals surface area contributed by atoms with Gasteiger partial charge in [0.25, 0.3) is 0 Å². The molecule has 5 heteroatoms. The predicted octanol–water partition coefficient (Wildman–Crippen LogP) is 5.51. The van der Waals surface area contributed by atoms with E-state index < -0.39 is 31.1 Å². The second kappa shape index (κ2) is 11.0. The zero-order chi connectivity index (χ0) is 25.6. The lowest BCUT2D eigenvalue weighted by Crippen LogP contribution is -2.31. The molecule has 0 bridgehead atoms. The van der Waals surface area contributed by atoms with Crippen molar-refractivity contribution in [2.24, 2.45) is 0 Å². The first kappa shape index (κ1) is 26.4. The van der Waals surface area contributed by atoms with Crippen LogP contribution in [0.3, 0.4) is 0 Å². The predicted molar refractivity (Wildman–Crippen MR) is 145 cm³/mol. The summed E-state index contributed by atoms with van der Waals surface area (Å²) in [5.41, 5.74) is -0.854. The molecule has 0 aromatic heterocycles. The van der Waals surface area contributed by atoms with Crippen molar-refractivity contribution in [3.05, 3.63) is 96.1 Å². The number of carbonyl (C=O) groups is 2. The van der Waals surface area contributed by atoms with Crippen LogP contribution in [0.1, 0.15) is 47.1 Å². The summed E-state index contributed by atoms with van der Waals surface area (Å²) in [4.78, 5) is 26.3. The van der Waals surface area contributed by atoms with Gasteiger partial charge in [-0.1, -0.05) is 84.9 Å². The minimum atomic E-state index is -0.938. The fourth-order valence-electron chi connectivity index (χ4n) is 3.42. The lowest BCUT2D eigenvalue weighted by molar-refractivity contribution is -0.158. The van der Waals surface area contributed by atoms with Crippen LogP contribution in [-0.4, -0.2) is 23.1 Å². The molecular weight excluding hydrogens is 455 g/mol. The van der Waals surface area contributed by atoms with E-state index in [2.05, 4.69) is 30.3 Å². The number of rotatable bonds is 6. The maximum atomic E-state index is 13.1. The molecule has 0 N–H and O–H groups in total. The van der Waals surface area contributed by atoms with Crippen molar-refractivity contribution in [3.63, 3.8) is 0 Å². The van der Waals surface area contributed by atoms with E-state index >= 15 is 0 Å². The molecule has 0 amide bonds. The van der Waals surface area contributed by atoms with E-state index in [-0.39, 0.29) is 5.57 Å². The number of esters is 2. The maximum absolute atomic E-state index is 13.1. The zero-order valence-corrected chi connectivity index (χ0v) is 22.1. The van der Waals surface area contributed by atoms with Crippen LogP contribution in [0.5, 0.6) is 0 Å². The van der Waals surface area contributed by atoms with Crippen molar-refractivity contribution in [2.45, 2.75) is 52.7 Å². The summed E-state index contributed by atoms with van der Waals surface area (Å²) in [6, 6.07) is 28.4. The van der Waals surface area contributed by atoms with Gasteiger partial charge in [-0.3, -0.25) is 0 Å². The second-order valence-electron chi connectivity index (χ2n) is 10.1. The fourth-order valence-corrected chi connectivity index (χ4v) is 5.84. The van der Waals surface area contributed by atoms with Gasteiger partial charge in [0.2, 0.25) is 0 Å². The van der Waals surface area contributed by atoms with E-state index in [1.807, 2.05) is 54.6 Å². The Bertz CT molecular complexity index is 1120. The highest BCUT2D eigenvalue weighted by molar-refractivity contribution is 7.80. The molecule has 35 heavy (non-hydrogen) atoms. The average Bonchev–Trinajstić information content (AvgIpc) is 2.77. The summed E-state index contributed by atoms with van der Waals surface area (Å²) in [7, 11) is -0.938. The first-order valence-electron chi connectivity index (χ1n) is 11.6. The Morgan fingerprint density at radius 3 is 1.46 bits per heavy atom. The molecule has 0 spiro atoms. The molecule has 0 unspecified atom stereocenters. The Hall–Kier alpha value is -3.23. The van der Waals surface area contributed by atoms with Crippen molar-refractivity contribution in [2.75, 3.05) is 0 Å². The van der Waals surface area contributed by atoms with E-state index in [1.165, 1.54) is 10.6 Å². The van der Waals surface area contributed by atoms with Crippen LogP contribution >= 0.6 is 7.92 Å². The summed E-state index contributed by atoms with van der Waals surface area (Å²) in [5.74, 6) is -1.41. The molecule has 0 radical (unpaired) electrons. The van der Waals surface area contributed by atoms with Crippen LogP contribution in [0.15, 0.2) is 90.5 Å². The minimum absolute atomic E-state index is 0.127. The number of carbonyl (C=O) groups excluding carboxylic acids is 2. The molecule has 0 saturated heterocycles. The van der Waals surface area contributed by atoms with Gasteiger partial charge in [-0.25, -0.2) is 9.59 Å². The number of benzene rings is 3. The van der Waals surface area contributed by atoms with Crippen molar-refractivity contribution >= 4 is 41.8 Å². The molecule has 0 fully saturated rings. The maximum Gasteiger partial charge on any atom is 0.346 e. The number of hydrogen-bond acceptors (Lipinski definition) is 4. The molecule has 0 aliphatic heterocycles. The molecule has 4 nitrogen and oxygen atoms in total. The summed E-state index contributed by atoms with van der Waals surface area (Å²) in [6.45, 7) is 10.6. The van der Waals surface area contributed by atoms with Crippen molar-refractivity contribution in [1.29, 1.82) is 0 Å². The highest BCUT2D eigenvalue weighted by Crippen LogP contribution is 2.34. The normalized spacial score (nSPS) is 11.6. The van der Waals surface area contributed by atoms with Crippen molar-refractivity contribution in [1.82, 2.24) is 0 Å². The summed E-state index contributed by atoms with van der Waals surface area (Å²) < 4.78 is 11.1. The Kier molecular flexibility index (Phi) is 8.30. The van der Waals surface area contributed by atoms with Gasteiger partial charge in [0.15, 0.2) is 0 Å². The van der Waals surface area contributed by atoms with E-state index in [0.717, 1.165) is 10.9 Å². The molecule has 0 saturated carbocycles. The first-order chi connectivity index (χ1) is 16.4. The zero-order valence-electron chi connectivity index (χ0n) is 21.2. The van der Waals surface area contributed by atoms with Crippen LogP contribution in [-0.2, 0) is 19.1 Å². The van der Waals surface area contributed by atoms with E-state index in [9.17, 15) is 9.59 Å². The van der Waals surface area contributed by atoms with Crippen LogP contribution in [0.4, 0.5) is 0 Å². The van der Waals surface area contributed by atoms with Gasteiger partial charge < -0.3 is 9.47 Å². The van der Waals surface area contributed by atoms with Crippen LogP contribution in [0.2, 0.25) is 0 Å². The summed E-state index contributed by atoms with van der Waals surface area (Å²) in [6.07, 6.45) is 1.61. The topological polar surface area (TPSA) is 52.6 Å². The van der Waals surface area contributed by atoms with E-state index in [1.54, 1.807) is 47.6 Å². The van der Waals surface area contributed by atoms with Crippen molar-refractivity contribution in [3.8, 4) is 0 Å². The van der Waals surface area contributed by atoms with Gasteiger partial charge in [-0.2, -0.15) is 0 Å². The highest BCUT2D eigenvalue weighted by atomic mass is 31.1. The highest BCUT2D eigenvalue weighted by Gasteiger charge is 2.30. The van der Waals surface area contributed by atoms with Crippen molar-refractivity contribution < 1.29 is 19.1 Å². The molecule has 3 rings (SSSR count). The first-order valence-corrected chi connectivity index (χ1v) is 13.0. The third-order valence-corrected chi connectivity index (χ3v) is 7.26. The molecule has 0 aliphatic rings.